The molecule has 0 aliphatic carbocycles. The van der Waals surface area contributed by atoms with Crippen LogP contribution in [0.1, 0.15) is 12.5 Å². The molecule has 0 aliphatic heterocycles. The number of halogens is 2. The lowest BCUT2D eigenvalue weighted by Crippen LogP contribution is -2.47. The van der Waals surface area contributed by atoms with Crippen LogP contribution in [0.25, 0.3) is 0 Å². The van der Waals surface area contributed by atoms with Crippen LogP contribution in [0.15, 0.2) is 42.5 Å². The van der Waals surface area contributed by atoms with E-state index in [1.54, 1.807) is 18.2 Å². The van der Waals surface area contributed by atoms with E-state index < -0.39 is 24.0 Å². The van der Waals surface area contributed by atoms with Crippen LogP contribution in [0.5, 0.6) is 11.5 Å². The zero-order valence-corrected chi connectivity index (χ0v) is 15.3. The summed E-state index contributed by atoms with van der Waals surface area (Å²) in [5, 5.41) is 21.7. The second-order valence-electron chi connectivity index (χ2n) is 5.60. The first-order valence-corrected chi connectivity index (χ1v) is 8.44. The molecule has 0 aromatic heterocycles. The second-order valence-corrected chi connectivity index (χ2v) is 6.45. The highest BCUT2D eigenvalue weighted by atomic mass is 35.5. The number of carboxylic acids is 1. The quantitative estimate of drug-likeness (QED) is 0.665. The zero-order chi connectivity index (χ0) is 19.3. The molecular formula is C18H17Cl2NO5. The number of ether oxygens (including phenoxy) is 1. The van der Waals surface area contributed by atoms with Gasteiger partial charge in [-0.1, -0.05) is 35.3 Å². The van der Waals surface area contributed by atoms with Gasteiger partial charge in [0.25, 0.3) is 5.91 Å². The molecule has 2 aromatic carbocycles. The van der Waals surface area contributed by atoms with Crippen LogP contribution >= 0.6 is 23.2 Å². The molecular weight excluding hydrogens is 381 g/mol. The SMILES string of the molecule is C[C@H](Oc1ccc(Cl)cc1Cl)C(=O)N[C@H](Cc1ccc(O)cc1)C(=O)O. The van der Waals surface area contributed by atoms with E-state index in [4.69, 9.17) is 27.9 Å². The van der Waals surface area contributed by atoms with E-state index in [9.17, 15) is 19.8 Å². The van der Waals surface area contributed by atoms with E-state index in [2.05, 4.69) is 5.32 Å². The van der Waals surface area contributed by atoms with Crippen LogP contribution in [-0.4, -0.2) is 34.2 Å². The van der Waals surface area contributed by atoms with Crippen LogP contribution in [0, 0.1) is 0 Å². The van der Waals surface area contributed by atoms with Crippen molar-refractivity contribution in [1.29, 1.82) is 0 Å². The summed E-state index contributed by atoms with van der Waals surface area (Å²) in [6.45, 7) is 1.49. The number of carbonyl (C=O) groups is 2. The average molecular weight is 398 g/mol. The summed E-state index contributed by atoms with van der Waals surface area (Å²) >= 11 is 11.8. The fourth-order valence-electron chi connectivity index (χ4n) is 2.17. The monoisotopic (exact) mass is 397 g/mol. The number of carbonyl (C=O) groups excluding carboxylic acids is 1. The topological polar surface area (TPSA) is 95.9 Å². The smallest absolute Gasteiger partial charge is 0.326 e. The van der Waals surface area contributed by atoms with Gasteiger partial charge in [0.1, 0.15) is 17.5 Å². The van der Waals surface area contributed by atoms with Gasteiger partial charge < -0.3 is 20.3 Å². The highest BCUT2D eigenvalue weighted by Gasteiger charge is 2.24. The van der Waals surface area contributed by atoms with Gasteiger partial charge in [0.2, 0.25) is 0 Å². The minimum absolute atomic E-state index is 0.0653. The molecule has 0 bridgehead atoms. The maximum Gasteiger partial charge on any atom is 0.326 e. The Kier molecular flexibility index (Phi) is 6.71. The normalized spacial score (nSPS) is 12.9. The van der Waals surface area contributed by atoms with Gasteiger partial charge in [0.05, 0.1) is 5.02 Å². The van der Waals surface area contributed by atoms with Crippen LogP contribution < -0.4 is 10.1 Å². The Bertz CT molecular complexity index is 795. The molecule has 8 heteroatoms. The predicted molar refractivity (Wildman–Crippen MR) is 97.9 cm³/mol. The van der Waals surface area contributed by atoms with Crippen LogP contribution in [0.3, 0.4) is 0 Å². The number of carboxylic acid groups (broad SMARTS) is 1. The van der Waals surface area contributed by atoms with Crippen molar-refractivity contribution >= 4 is 35.1 Å². The van der Waals surface area contributed by atoms with Gasteiger partial charge in [0.15, 0.2) is 6.10 Å². The lowest BCUT2D eigenvalue weighted by atomic mass is 10.1. The lowest BCUT2D eigenvalue weighted by molar-refractivity contribution is -0.142. The zero-order valence-electron chi connectivity index (χ0n) is 13.8. The molecule has 138 valence electrons. The van der Waals surface area contributed by atoms with Gasteiger partial charge in [-0.3, -0.25) is 4.79 Å². The Morgan fingerprint density at radius 2 is 1.81 bits per heavy atom. The first-order chi connectivity index (χ1) is 12.3. The number of phenols is 1. The van der Waals surface area contributed by atoms with Gasteiger partial charge in [0, 0.05) is 11.4 Å². The molecule has 2 rings (SSSR count). The lowest BCUT2D eigenvalue weighted by Gasteiger charge is -2.19. The standard InChI is InChI=1S/C18H17Cl2NO5/c1-10(26-16-7-4-12(19)9-14(16)20)17(23)21-15(18(24)25)8-11-2-5-13(22)6-3-11/h2-7,9-10,15,22H,8H2,1H3,(H,21,23)(H,24,25)/t10-,15+/m0/s1. The molecule has 0 aliphatic rings. The minimum Gasteiger partial charge on any atom is -0.508 e. The first kappa shape index (κ1) is 19.9. The molecule has 2 atom stereocenters. The number of hydrogen-bond acceptors (Lipinski definition) is 4. The van der Waals surface area contributed by atoms with Gasteiger partial charge in [-0.15, -0.1) is 0 Å². The van der Waals surface area contributed by atoms with Gasteiger partial charge in [-0.2, -0.15) is 0 Å². The van der Waals surface area contributed by atoms with Crippen molar-refractivity contribution in [3.63, 3.8) is 0 Å². The van der Waals surface area contributed by atoms with Crippen molar-refractivity contribution in [2.75, 3.05) is 0 Å². The third kappa shape index (κ3) is 5.54. The summed E-state index contributed by atoms with van der Waals surface area (Å²) in [7, 11) is 0. The summed E-state index contributed by atoms with van der Waals surface area (Å²) < 4.78 is 5.48. The van der Waals surface area contributed by atoms with Crippen molar-refractivity contribution < 1.29 is 24.5 Å². The number of aliphatic carboxylic acids is 1. The third-order valence-corrected chi connectivity index (χ3v) is 4.09. The highest BCUT2D eigenvalue weighted by molar-refractivity contribution is 6.35. The largest absolute Gasteiger partial charge is 0.508 e. The number of aromatic hydroxyl groups is 1. The number of amides is 1. The average Bonchev–Trinajstić information content (AvgIpc) is 2.58. The van der Waals surface area contributed by atoms with Crippen LogP contribution in [0.4, 0.5) is 0 Å². The van der Waals surface area contributed by atoms with E-state index in [0.717, 1.165) is 0 Å². The molecule has 2 aromatic rings. The predicted octanol–water partition coefficient (Wildman–Crippen LogP) is 3.28. The molecule has 3 N–H and O–H groups in total. The van der Waals surface area contributed by atoms with Crippen molar-refractivity contribution in [1.82, 2.24) is 5.32 Å². The number of phenolic OH excluding ortho intramolecular Hbond substituents is 1. The summed E-state index contributed by atoms with van der Waals surface area (Å²) in [5.41, 5.74) is 0.657. The van der Waals surface area contributed by atoms with E-state index >= 15 is 0 Å². The molecule has 0 unspecified atom stereocenters. The minimum atomic E-state index is -1.18. The van der Waals surface area contributed by atoms with Crippen molar-refractivity contribution in [3.8, 4) is 11.5 Å². The molecule has 0 spiro atoms. The Hall–Kier alpha value is -2.44. The fourth-order valence-corrected chi connectivity index (χ4v) is 2.62. The maximum absolute atomic E-state index is 12.3. The Morgan fingerprint density at radius 1 is 1.15 bits per heavy atom. The maximum atomic E-state index is 12.3. The van der Waals surface area contributed by atoms with Gasteiger partial charge in [-0.05, 0) is 42.8 Å². The van der Waals surface area contributed by atoms with Crippen molar-refractivity contribution in [3.05, 3.63) is 58.1 Å². The highest BCUT2D eigenvalue weighted by Crippen LogP contribution is 2.28. The fraction of sp³-hybridized carbons (Fsp3) is 0.222. The molecule has 0 saturated carbocycles. The number of nitrogens with one attached hydrogen (secondary N) is 1. The summed E-state index contributed by atoms with van der Waals surface area (Å²) in [4.78, 5) is 23.7. The van der Waals surface area contributed by atoms with E-state index in [1.165, 1.54) is 31.2 Å². The Balaban J connectivity index is 2.01. The summed E-state index contributed by atoms with van der Waals surface area (Å²) in [5.74, 6) is -1.43. The molecule has 0 fully saturated rings. The first-order valence-electron chi connectivity index (χ1n) is 7.69. The third-order valence-electron chi connectivity index (χ3n) is 3.56. The second kappa shape index (κ2) is 8.78. The summed E-state index contributed by atoms with van der Waals surface area (Å²) in [6.07, 6.45) is -0.897. The molecule has 6 nitrogen and oxygen atoms in total. The van der Waals surface area contributed by atoms with Crippen LogP contribution in [0.2, 0.25) is 10.0 Å². The van der Waals surface area contributed by atoms with E-state index in [-0.39, 0.29) is 22.9 Å². The van der Waals surface area contributed by atoms with Crippen molar-refractivity contribution in [2.24, 2.45) is 0 Å². The Labute approximate surface area is 160 Å². The number of benzene rings is 2. The molecule has 26 heavy (non-hydrogen) atoms. The molecule has 0 heterocycles. The van der Waals surface area contributed by atoms with Gasteiger partial charge >= 0.3 is 5.97 Å². The number of rotatable bonds is 7. The summed E-state index contributed by atoms with van der Waals surface area (Å²) in [6, 6.07) is 9.51. The van der Waals surface area contributed by atoms with Crippen molar-refractivity contribution in [2.45, 2.75) is 25.5 Å². The molecule has 1 amide bonds. The molecule has 0 saturated heterocycles. The molecule has 0 radical (unpaired) electrons. The van der Waals surface area contributed by atoms with E-state index in [0.29, 0.717) is 10.6 Å². The Morgan fingerprint density at radius 3 is 2.38 bits per heavy atom. The number of hydrogen-bond donors (Lipinski definition) is 3. The van der Waals surface area contributed by atoms with Gasteiger partial charge in [-0.25, -0.2) is 4.79 Å². The van der Waals surface area contributed by atoms with Crippen LogP contribution in [-0.2, 0) is 16.0 Å². The van der Waals surface area contributed by atoms with E-state index in [1.807, 2.05) is 0 Å².